The van der Waals surface area contributed by atoms with Crippen molar-refractivity contribution in [1.29, 1.82) is 0 Å². The Morgan fingerprint density at radius 2 is 1.63 bits per heavy atom. The van der Waals surface area contributed by atoms with Gasteiger partial charge in [-0.3, -0.25) is 9.10 Å². The second kappa shape index (κ2) is 8.90. The number of benzene rings is 3. The lowest BCUT2D eigenvalue weighted by atomic mass is 10.1. The van der Waals surface area contributed by atoms with Crippen LogP contribution in [-0.2, 0) is 14.8 Å². The molecule has 0 heterocycles. The molecule has 3 rings (SSSR count). The number of rotatable bonds is 6. The number of hydrogen-bond acceptors (Lipinski definition) is 3. The number of carbonyl (C=O) groups is 1. The van der Waals surface area contributed by atoms with Gasteiger partial charge in [-0.15, -0.1) is 0 Å². The number of halogens is 1. The molecule has 0 aliphatic rings. The van der Waals surface area contributed by atoms with Crippen LogP contribution in [0.25, 0.3) is 0 Å². The van der Waals surface area contributed by atoms with Crippen LogP contribution in [0.5, 0.6) is 0 Å². The minimum Gasteiger partial charge on any atom is -0.324 e. The standard InChI is InChI=1S/C23H23ClN2O3S/c1-16-9-12-22(18(3)13-16)25-23(27)15-26(19-11-10-17(2)21(24)14-19)30(28,29)20-7-5-4-6-8-20/h4-14H,15H2,1-3H3,(H,25,27). The number of anilines is 2. The van der Waals surface area contributed by atoms with Gasteiger partial charge in [0.2, 0.25) is 5.91 Å². The van der Waals surface area contributed by atoms with Crippen LogP contribution in [0.4, 0.5) is 11.4 Å². The molecule has 1 amide bonds. The molecule has 0 saturated carbocycles. The fourth-order valence-corrected chi connectivity index (χ4v) is 4.65. The van der Waals surface area contributed by atoms with Crippen molar-refractivity contribution in [1.82, 2.24) is 0 Å². The summed E-state index contributed by atoms with van der Waals surface area (Å²) in [5, 5.41) is 3.24. The summed E-state index contributed by atoms with van der Waals surface area (Å²) in [5.74, 6) is -0.446. The monoisotopic (exact) mass is 442 g/mol. The average molecular weight is 443 g/mol. The summed E-state index contributed by atoms with van der Waals surface area (Å²) in [4.78, 5) is 12.9. The maximum atomic E-state index is 13.3. The number of nitrogens with zero attached hydrogens (tertiary/aromatic N) is 1. The van der Waals surface area contributed by atoms with Crippen LogP contribution in [0.1, 0.15) is 16.7 Å². The molecular formula is C23H23ClN2O3S. The molecule has 156 valence electrons. The first-order valence-corrected chi connectivity index (χ1v) is 11.2. The summed E-state index contributed by atoms with van der Waals surface area (Å²) in [6.07, 6.45) is 0. The highest BCUT2D eigenvalue weighted by molar-refractivity contribution is 7.92. The minimum absolute atomic E-state index is 0.0982. The number of hydrogen-bond donors (Lipinski definition) is 1. The normalized spacial score (nSPS) is 11.2. The van der Waals surface area contributed by atoms with Crippen molar-refractivity contribution in [3.8, 4) is 0 Å². The third-order valence-electron chi connectivity index (χ3n) is 4.72. The van der Waals surface area contributed by atoms with E-state index in [4.69, 9.17) is 11.6 Å². The number of carbonyl (C=O) groups excluding carboxylic acids is 1. The van der Waals surface area contributed by atoms with E-state index in [-0.39, 0.29) is 11.4 Å². The van der Waals surface area contributed by atoms with Crippen molar-refractivity contribution in [2.24, 2.45) is 0 Å². The summed E-state index contributed by atoms with van der Waals surface area (Å²) < 4.78 is 27.7. The Hall–Kier alpha value is -2.83. The highest BCUT2D eigenvalue weighted by Crippen LogP contribution is 2.28. The molecule has 5 nitrogen and oxygen atoms in total. The largest absolute Gasteiger partial charge is 0.324 e. The predicted molar refractivity (Wildman–Crippen MR) is 122 cm³/mol. The van der Waals surface area contributed by atoms with Gasteiger partial charge in [0, 0.05) is 10.7 Å². The van der Waals surface area contributed by atoms with Crippen molar-refractivity contribution >= 4 is 38.9 Å². The second-order valence-electron chi connectivity index (χ2n) is 7.12. The Balaban J connectivity index is 1.97. The van der Waals surface area contributed by atoms with Gasteiger partial charge >= 0.3 is 0 Å². The molecule has 0 spiro atoms. The summed E-state index contributed by atoms with van der Waals surface area (Å²) in [6, 6.07) is 18.6. The van der Waals surface area contributed by atoms with Crippen molar-refractivity contribution in [2.75, 3.05) is 16.2 Å². The SMILES string of the molecule is Cc1ccc(NC(=O)CN(c2ccc(C)c(Cl)c2)S(=O)(=O)c2ccccc2)c(C)c1. The van der Waals surface area contributed by atoms with E-state index in [9.17, 15) is 13.2 Å². The molecule has 1 N–H and O–H groups in total. The van der Waals surface area contributed by atoms with E-state index in [0.29, 0.717) is 16.4 Å². The Labute approximate surface area is 182 Å². The lowest BCUT2D eigenvalue weighted by molar-refractivity contribution is -0.114. The summed E-state index contributed by atoms with van der Waals surface area (Å²) in [7, 11) is -3.97. The highest BCUT2D eigenvalue weighted by Gasteiger charge is 2.27. The third-order valence-corrected chi connectivity index (χ3v) is 6.91. The quantitative estimate of drug-likeness (QED) is 0.577. The van der Waals surface area contributed by atoms with E-state index >= 15 is 0 Å². The van der Waals surface area contributed by atoms with Crippen LogP contribution in [0.3, 0.4) is 0 Å². The third kappa shape index (κ3) is 4.83. The molecule has 0 fully saturated rings. The zero-order valence-corrected chi connectivity index (χ0v) is 18.6. The fraction of sp³-hybridized carbons (Fsp3) is 0.174. The van der Waals surface area contributed by atoms with Gasteiger partial charge in [-0.1, -0.05) is 53.6 Å². The minimum atomic E-state index is -3.97. The molecule has 7 heteroatoms. The van der Waals surface area contributed by atoms with Crippen LogP contribution < -0.4 is 9.62 Å². The molecule has 0 aliphatic carbocycles. The van der Waals surface area contributed by atoms with Crippen molar-refractivity contribution in [2.45, 2.75) is 25.7 Å². The van der Waals surface area contributed by atoms with Crippen molar-refractivity contribution in [3.63, 3.8) is 0 Å². The fourth-order valence-electron chi connectivity index (χ4n) is 3.05. The number of amides is 1. The molecule has 0 aromatic heterocycles. The number of sulfonamides is 1. The summed E-state index contributed by atoms with van der Waals surface area (Å²) >= 11 is 6.23. The number of nitrogens with one attached hydrogen (secondary N) is 1. The Morgan fingerprint density at radius 3 is 2.27 bits per heavy atom. The lowest BCUT2D eigenvalue weighted by Gasteiger charge is -2.24. The Kier molecular flexibility index (Phi) is 6.48. The first-order valence-electron chi connectivity index (χ1n) is 9.39. The van der Waals surface area contributed by atoms with Gasteiger partial charge in [0.15, 0.2) is 0 Å². The van der Waals surface area contributed by atoms with Crippen molar-refractivity contribution < 1.29 is 13.2 Å². The van der Waals surface area contributed by atoms with Crippen LogP contribution in [0.15, 0.2) is 71.6 Å². The van der Waals surface area contributed by atoms with Crippen LogP contribution >= 0.6 is 11.6 Å². The molecule has 0 bridgehead atoms. The van der Waals surface area contributed by atoms with Gasteiger partial charge in [0.25, 0.3) is 10.0 Å². The van der Waals surface area contributed by atoms with E-state index in [1.165, 1.54) is 12.1 Å². The Morgan fingerprint density at radius 1 is 0.933 bits per heavy atom. The van der Waals surface area contributed by atoms with E-state index < -0.39 is 15.9 Å². The maximum absolute atomic E-state index is 13.3. The van der Waals surface area contributed by atoms with E-state index in [0.717, 1.165) is 21.0 Å². The van der Waals surface area contributed by atoms with Gasteiger partial charge in [0.05, 0.1) is 10.6 Å². The number of aryl methyl sites for hydroxylation is 3. The summed E-state index contributed by atoms with van der Waals surface area (Å²) in [6.45, 7) is 5.30. The molecule has 3 aromatic rings. The first kappa shape index (κ1) is 21.9. The zero-order valence-electron chi connectivity index (χ0n) is 17.0. The van der Waals surface area contributed by atoms with Crippen LogP contribution in [0.2, 0.25) is 5.02 Å². The molecule has 30 heavy (non-hydrogen) atoms. The van der Waals surface area contributed by atoms with Crippen LogP contribution in [-0.4, -0.2) is 20.9 Å². The Bertz CT molecular complexity index is 1180. The average Bonchev–Trinajstić information content (AvgIpc) is 2.71. The first-order chi connectivity index (χ1) is 14.2. The lowest BCUT2D eigenvalue weighted by Crippen LogP contribution is -2.38. The van der Waals surface area contributed by atoms with Gasteiger partial charge in [-0.25, -0.2) is 8.42 Å². The van der Waals surface area contributed by atoms with E-state index in [1.807, 2.05) is 32.9 Å². The maximum Gasteiger partial charge on any atom is 0.264 e. The molecular weight excluding hydrogens is 420 g/mol. The van der Waals surface area contributed by atoms with Crippen molar-refractivity contribution in [3.05, 3.63) is 88.4 Å². The van der Waals surface area contributed by atoms with Gasteiger partial charge in [0.1, 0.15) is 6.54 Å². The molecule has 0 atom stereocenters. The van der Waals surface area contributed by atoms with Gasteiger partial charge in [-0.05, 0) is 62.2 Å². The second-order valence-corrected chi connectivity index (χ2v) is 9.39. The topological polar surface area (TPSA) is 66.5 Å². The van der Waals surface area contributed by atoms with E-state index in [2.05, 4.69) is 5.32 Å². The molecule has 3 aromatic carbocycles. The molecule has 0 saturated heterocycles. The molecule has 0 aliphatic heterocycles. The predicted octanol–water partition coefficient (Wildman–Crippen LogP) is 5.10. The zero-order chi connectivity index (χ0) is 21.9. The van der Waals surface area contributed by atoms with Crippen LogP contribution in [0, 0.1) is 20.8 Å². The molecule has 0 radical (unpaired) electrons. The van der Waals surface area contributed by atoms with E-state index in [1.54, 1.807) is 42.5 Å². The molecule has 0 unspecified atom stereocenters. The highest BCUT2D eigenvalue weighted by atomic mass is 35.5. The van der Waals surface area contributed by atoms with Gasteiger partial charge < -0.3 is 5.32 Å². The van der Waals surface area contributed by atoms with Gasteiger partial charge in [-0.2, -0.15) is 0 Å². The smallest absolute Gasteiger partial charge is 0.264 e. The summed E-state index contributed by atoms with van der Waals surface area (Å²) in [5.41, 5.74) is 3.76.